The minimum atomic E-state index is -4.76. The summed E-state index contributed by atoms with van der Waals surface area (Å²) in [6.45, 7) is 6.45. The molecule has 1 saturated carbocycles. The number of nitrogens with one attached hydrogen (secondary N) is 1. The van der Waals surface area contributed by atoms with Crippen LogP contribution in [0.5, 0.6) is 11.5 Å². The summed E-state index contributed by atoms with van der Waals surface area (Å²) >= 11 is 1.59. The third kappa shape index (κ3) is 7.24. The monoisotopic (exact) mass is 664 g/mol. The van der Waals surface area contributed by atoms with E-state index in [2.05, 4.69) is 62.9 Å². The molecule has 0 spiro atoms. The normalized spacial score (nSPS) is 18.3. The molecule has 1 aliphatic carbocycles. The van der Waals surface area contributed by atoms with Crippen molar-refractivity contribution in [3.8, 4) is 28.6 Å². The summed E-state index contributed by atoms with van der Waals surface area (Å²) in [4.78, 5) is 24.6. The second kappa shape index (κ2) is 12.9. The maximum atomic E-state index is 13.4. The maximum Gasteiger partial charge on any atom is 0.573 e. The van der Waals surface area contributed by atoms with Crippen LogP contribution in [0.25, 0.3) is 17.1 Å². The molecule has 1 N–H and O–H groups in total. The Labute approximate surface area is 275 Å². The number of thioether (sulfide) groups is 1. The van der Waals surface area contributed by atoms with E-state index in [0.717, 1.165) is 53.1 Å². The lowest BCUT2D eigenvalue weighted by molar-refractivity contribution is -0.274. The molecule has 1 atom stereocenters. The summed E-state index contributed by atoms with van der Waals surface area (Å²) in [6, 6.07) is 18.9. The first-order valence-electron chi connectivity index (χ1n) is 15.3. The van der Waals surface area contributed by atoms with E-state index in [1.54, 1.807) is 18.9 Å². The molecule has 0 radical (unpaired) electrons. The van der Waals surface area contributed by atoms with Crippen molar-refractivity contribution in [2.24, 2.45) is 4.99 Å². The number of amidine groups is 1. The van der Waals surface area contributed by atoms with Gasteiger partial charge in [-0.2, -0.15) is 4.99 Å². The summed E-state index contributed by atoms with van der Waals surface area (Å²) < 4.78 is 48.3. The van der Waals surface area contributed by atoms with Crippen molar-refractivity contribution in [1.29, 1.82) is 0 Å². The van der Waals surface area contributed by atoms with Crippen molar-refractivity contribution in [2.45, 2.75) is 63.9 Å². The molecule has 1 saturated heterocycles. The van der Waals surface area contributed by atoms with Crippen LogP contribution in [0.3, 0.4) is 0 Å². The smallest absolute Gasteiger partial charge is 0.497 e. The molecule has 1 unspecified atom stereocenters. The van der Waals surface area contributed by atoms with Gasteiger partial charge in [0.05, 0.1) is 18.3 Å². The van der Waals surface area contributed by atoms with Gasteiger partial charge in [-0.1, -0.05) is 49.9 Å². The summed E-state index contributed by atoms with van der Waals surface area (Å²) in [6.07, 6.45) is -0.691. The second-order valence-corrected chi connectivity index (χ2v) is 13.0. The maximum absolute atomic E-state index is 13.4. The van der Waals surface area contributed by atoms with Gasteiger partial charge in [-0.3, -0.25) is 0 Å². The number of ether oxygens (including phenoxy) is 2. The van der Waals surface area contributed by atoms with Crippen molar-refractivity contribution in [2.75, 3.05) is 17.8 Å². The van der Waals surface area contributed by atoms with Gasteiger partial charge in [-0.15, -0.1) is 18.3 Å². The van der Waals surface area contributed by atoms with E-state index in [1.165, 1.54) is 35.3 Å². The molecule has 6 rings (SSSR count). The van der Waals surface area contributed by atoms with Crippen molar-refractivity contribution in [3.63, 3.8) is 0 Å². The van der Waals surface area contributed by atoms with Gasteiger partial charge >= 0.3 is 12.4 Å². The van der Waals surface area contributed by atoms with E-state index in [9.17, 15) is 18.0 Å². The molecule has 9 nitrogen and oxygen atoms in total. The highest BCUT2D eigenvalue weighted by Gasteiger charge is 2.46. The zero-order chi connectivity index (χ0) is 33.3. The number of alkyl halides is 3. The van der Waals surface area contributed by atoms with E-state index in [1.807, 2.05) is 30.3 Å². The van der Waals surface area contributed by atoms with Crippen LogP contribution >= 0.6 is 11.8 Å². The molecule has 3 aromatic carbocycles. The van der Waals surface area contributed by atoms with Gasteiger partial charge in [0.1, 0.15) is 17.8 Å². The van der Waals surface area contributed by atoms with E-state index in [4.69, 9.17) is 4.74 Å². The van der Waals surface area contributed by atoms with Gasteiger partial charge in [-0.25, -0.2) is 14.5 Å². The number of halogens is 3. The van der Waals surface area contributed by atoms with Crippen molar-refractivity contribution >= 4 is 28.6 Å². The Kier molecular flexibility index (Phi) is 8.93. The van der Waals surface area contributed by atoms with Gasteiger partial charge in [0.2, 0.25) is 0 Å². The molecule has 246 valence electrons. The predicted molar refractivity (Wildman–Crippen MR) is 176 cm³/mol. The van der Waals surface area contributed by atoms with Gasteiger partial charge in [0.15, 0.2) is 11.0 Å². The number of hydrogen-bond acceptors (Lipinski definition) is 6. The molecular weight excluding hydrogens is 629 g/mol. The molecule has 4 aromatic rings. The van der Waals surface area contributed by atoms with Gasteiger partial charge < -0.3 is 19.7 Å². The largest absolute Gasteiger partial charge is 0.573 e. The molecule has 2 heterocycles. The number of rotatable bonds is 8. The molecule has 47 heavy (non-hydrogen) atoms. The summed E-state index contributed by atoms with van der Waals surface area (Å²) in [5, 5.41) is 8.34. The Balaban J connectivity index is 1.16. The molecule has 0 bridgehead atoms. The van der Waals surface area contributed by atoms with Crippen LogP contribution < -0.4 is 19.7 Å². The van der Waals surface area contributed by atoms with E-state index in [-0.39, 0.29) is 23.7 Å². The highest BCUT2D eigenvalue weighted by Crippen LogP contribution is 2.46. The summed E-state index contributed by atoms with van der Waals surface area (Å²) in [7, 11) is 1.66. The number of amides is 2. The Hall–Kier alpha value is -4.52. The fourth-order valence-electron chi connectivity index (χ4n) is 5.66. The second-order valence-electron chi connectivity index (χ2n) is 12.0. The standard InChI is InChI=1S/C34H35F3N6O3S/c1-21(2)28-19-27(45-4)13-14-29(28)43-22(3)15-18-47-32(43)39-31(44)40-33(16-17-33)24-7-5-23(6-8-24)30-38-20-42(41-30)25-9-11-26(12-10-25)46-34(35,36)37/h5-14,19-22H,15-18H2,1-4H3,(H,40,44)/b39-32-. The van der Waals surface area contributed by atoms with E-state index < -0.39 is 11.9 Å². The highest BCUT2D eigenvalue weighted by atomic mass is 32.2. The van der Waals surface area contributed by atoms with Crippen LogP contribution in [-0.2, 0) is 5.54 Å². The zero-order valence-corrected chi connectivity index (χ0v) is 27.2. The first-order chi connectivity index (χ1) is 22.4. The number of nitrogens with zero attached hydrogens (tertiary/aromatic N) is 5. The number of methoxy groups -OCH3 is 1. The Morgan fingerprint density at radius 2 is 1.77 bits per heavy atom. The fraction of sp³-hybridized carbons (Fsp3) is 0.353. The molecule has 2 aliphatic rings. The molecule has 2 amide bonds. The third-order valence-corrected chi connectivity index (χ3v) is 9.33. The van der Waals surface area contributed by atoms with Crippen LogP contribution in [0, 0.1) is 0 Å². The summed E-state index contributed by atoms with van der Waals surface area (Å²) in [5.74, 6) is 2.07. The lowest BCUT2D eigenvalue weighted by atomic mass is 9.99. The zero-order valence-electron chi connectivity index (χ0n) is 26.4. The number of aliphatic imine (C=N–C) groups is 1. The average molecular weight is 665 g/mol. The first kappa shape index (κ1) is 32.4. The lowest BCUT2D eigenvalue weighted by Gasteiger charge is -2.37. The van der Waals surface area contributed by atoms with Crippen LogP contribution in [0.2, 0.25) is 0 Å². The molecule has 1 aliphatic heterocycles. The number of hydrogen-bond donors (Lipinski definition) is 1. The van der Waals surface area contributed by atoms with Crippen molar-refractivity contribution < 1.29 is 27.4 Å². The first-order valence-corrected chi connectivity index (χ1v) is 16.3. The predicted octanol–water partition coefficient (Wildman–Crippen LogP) is 8.05. The van der Waals surface area contributed by atoms with Crippen LogP contribution in [0.15, 0.2) is 78.0 Å². The number of carbonyl (C=O) groups is 1. The number of urea groups is 1. The lowest BCUT2D eigenvalue weighted by Crippen LogP contribution is -2.43. The minimum Gasteiger partial charge on any atom is -0.497 e. The Morgan fingerprint density at radius 3 is 2.40 bits per heavy atom. The van der Waals surface area contributed by atoms with Crippen LogP contribution in [0.1, 0.15) is 57.1 Å². The number of anilines is 1. The molecule has 2 fully saturated rings. The molecule has 13 heteroatoms. The van der Waals surface area contributed by atoms with Gasteiger partial charge in [-0.05, 0) is 85.7 Å². The quantitative estimate of drug-likeness (QED) is 0.204. The van der Waals surface area contributed by atoms with Gasteiger partial charge in [0.25, 0.3) is 0 Å². The molecule has 1 aromatic heterocycles. The fourth-order valence-corrected chi connectivity index (χ4v) is 6.87. The minimum absolute atomic E-state index is 0.177. The highest BCUT2D eigenvalue weighted by molar-refractivity contribution is 8.14. The van der Waals surface area contributed by atoms with Crippen molar-refractivity contribution in [3.05, 3.63) is 84.2 Å². The van der Waals surface area contributed by atoms with Gasteiger partial charge in [0, 0.05) is 23.0 Å². The van der Waals surface area contributed by atoms with Crippen molar-refractivity contribution in [1.82, 2.24) is 20.1 Å². The number of aromatic nitrogens is 3. The topological polar surface area (TPSA) is 93.9 Å². The van der Waals surface area contributed by atoms with E-state index in [0.29, 0.717) is 16.7 Å². The van der Waals surface area contributed by atoms with Crippen LogP contribution in [0.4, 0.5) is 23.7 Å². The third-order valence-electron chi connectivity index (χ3n) is 8.35. The number of carbonyl (C=O) groups excluding carboxylic acids is 1. The number of benzene rings is 3. The Morgan fingerprint density at radius 1 is 1.06 bits per heavy atom. The average Bonchev–Trinajstić information content (AvgIpc) is 3.64. The summed E-state index contributed by atoms with van der Waals surface area (Å²) in [5.41, 5.74) is 3.94. The molecular formula is C34H35F3N6O3S. The van der Waals surface area contributed by atoms with E-state index >= 15 is 0 Å². The van der Waals surface area contributed by atoms with Crippen LogP contribution in [-0.4, -0.2) is 51.2 Å². The Bertz CT molecular complexity index is 1770. The SMILES string of the molecule is COc1ccc(N2/C(=N/C(=O)NC3(c4ccc(-c5ncn(-c6ccc(OC(F)(F)F)cc6)n5)cc4)CC3)SCCC2C)c(C(C)C)c1.